The minimum absolute atomic E-state index is 0.0918. The second kappa shape index (κ2) is 8.50. The Morgan fingerprint density at radius 3 is 2.54 bits per heavy atom. The first kappa shape index (κ1) is 19.5. The number of carbonyl (C=O) groups is 1. The monoisotopic (exact) mass is 397 g/mol. The fourth-order valence-corrected chi connectivity index (χ4v) is 2.78. The number of methoxy groups -OCH3 is 2. The molecule has 0 aliphatic carbocycles. The molecule has 2 rings (SSSR count). The van der Waals surface area contributed by atoms with Crippen molar-refractivity contribution < 1.29 is 19.2 Å². The summed E-state index contributed by atoms with van der Waals surface area (Å²) in [5.41, 5.74) is 2.57. The number of non-ortho nitro benzene ring substituents is 1. The maximum atomic E-state index is 12.0. The van der Waals surface area contributed by atoms with Gasteiger partial charge in [-0.3, -0.25) is 14.9 Å². The van der Waals surface area contributed by atoms with Gasteiger partial charge in [-0.1, -0.05) is 29.3 Å². The molecule has 2 aromatic rings. The molecule has 0 unspecified atom stereocenters. The summed E-state index contributed by atoms with van der Waals surface area (Å²) in [4.78, 5) is 22.2. The summed E-state index contributed by atoms with van der Waals surface area (Å²) in [5.74, 6) is -0.0983. The van der Waals surface area contributed by atoms with Crippen LogP contribution in [0.3, 0.4) is 0 Å². The second-order valence-corrected chi connectivity index (χ2v) is 5.62. The highest BCUT2D eigenvalue weighted by atomic mass is 35.5. The van der Waals surface area contributed by atoms with Gasteiger partial charge in [-0.05, 0) is 12.1 Å². The van der Waals surface area contributed by atoms with Gasteiger partial charge in [-0.25, -0.2) is 5.43 Å². The van der Waals surface area contributed by atoms with Crippen molar-refractivity contribution in [1.82, 2.24) is 5.43 Å². The van der Waals surface area contributed by atoms with Crippen LogP contribution < -0.4 is 14.9 Å². The largest absolute Gasteiger partial charge is 0.494 e. The van der Waals surface area contributed by atoms with Gasteiger partial charge in [0.15, 0.2) is 5.75 Å². The van der Waals surface area contributed by atoms with Gasteiger partial charge in [0.1, 0.15) is 10.8 Å². The van der Waals surface area contributed by atoms with E-state index >= 15 is 0 Å². The van der Waals surface area contributed by atoms with Crippen molar-refractivity contribution in [1.29, 1.82) is 0 Å². The van der Waals surface area contributed by atoms with Crippen LogP contribution in [0.4, 0.5) is 5.69 Å². The van der Waals surface area contributed by atoms with Crippen LogP contribution >= 0.6 is 23.2 Å². The Morgan fingerprint density at radius 1 is 1.23 bits per heavy atom. The number of carbonyl (C=O) groups excluding carboxylic acids is 1. The van der Waals surface area contributed by atoms with E-state index in [0.717, 1.165) is 6.07 Å². The molecule has 0 heterocycles. The van der Waals surface area contributed by atoms with Gasteiger partial charge >= 0.3 is 0 Å². The first-order valence-corrected chi connectivity index (χ1v) is 7.82. The van der Waals surface area contributed by atoms with Crippen molar-refractivity contribution in [3.05, 3.63) is 61.6 Å². The molecule has 0 spiro atoms. The van der Waals surface area contributed by atoms with Gasteiger partial charge in [-0.2, -0.15) is 5.10 Å². The Morgan fingerprint density at radius 2 is 1.92 bits per heavy atom. The number of hydrogen-bond donors (Lipinski definition) is 1. The normalized spacial score (nSPS) is 10.6. The molecule has 0 bridgehead atoms. The van der Waals surface area contributed by atoms with Crippen molar-refractivity contribution in [3.8, 4) is 11.5 Å². The molecule has 0 saturated carbocycles. The molecule has 1 amide bonds. The molecule has 0 aliphatic rings. The molecule has 0 radical (unpaired) electrons. The van der Waals surface area contributed by atoms with E-state index in [4.69, 9.17) is 32.7 Å². The van der Waals surface area contributed by atoms with Gasteiger partial charge in [0, 0.05) is 23.3 Å². The zero-order valence-electron chi connectivity index (χ0n) is 13.7. The molecule has 1 N–H and O–H groups in total. The lowest BCUT2D eigenvalue weighted by atomic mass is 10.2. The van der Waals surface area contributed by atoms with E-state index in [2.05, 4.69) is 10.5 Å². The highest BCUT2D eigenvalue weighted by molar-refractivity contribution is 6.38. The molecule has 8 nitrogen and oxygen atoms in total. The van der Waals surface area contributed by atoms with Crippen LogP contribution in [0.1, 0.15) is 15.9 Å². The van der Waals surface area contributed by atoms with Crippen LogP contribution in [0.15, 0.2) is 35.4 Å². The summed E-state index contributed by atoms with van der Waals surface area (Å²) in [5, 5.41) is 15.0. The Bertz CT molecular complexity index is 886. The molecule has 0 aliphatic heterocycles. The second-order valence-electron chi connectivity index (χ2n) is 4.83. The van der Waals surface area contributed by atoms with E-state index in [-0.39, 0.29) is 32.8 Å². The zero-order valence-corrected chi connectivity index (χ0v) is 15.2. The Kier molecular flexibility index (Phi) is 6.37. The molecule has 26 heavy (non-hydrogen) atoms. The standard InChI is InChI=1S/C16H13Cl2N3O5/c1-25-14-10(7-12(17)15(26-2)13(14)18)8-19-20-16(22)9-4-3-5-11(6-9)21(23)24/h3-8H,1-2H3,(H,20,22)/b19-8+. The smallest absolute Gasteiger partial charge is 0.271 e. The van der Waals surface area contributed by atoms with Gasteiger partial charge in [0.25, 0.3) is 11.6 Å². The van der Waals surface area contributed by atoms with Gasteiger partial charge in [0.2, 0.25) is 0 Å². The minimum atomic E-state index is -0.616. The van der Waals surface area contributed by atoms with Crippen molar-refractivity contribution in [2.75, 3.05) is 14.2 Å². The summed E-state index contributed by atoms with van der Waals surface area (Å²) in [6.07, 6.45) is 1.28. The minimum Gasteiger partial charge on any atom is -0.494 e. The molecular formula is C16H13Cl2N3O5. The zero-order chi connectivity index (χ0) is 19.3. The number of ether oxygens (including phenoxy) is 2. The molecule has 136 valence electrons. The molecule has 0 aromatic heterocycles. The molecule has 2 aromatic carbocycles. The van der Waals surface area contributed by atoms with Gasteiger partial charge in [0.05, 0.1) is 30.4 Å². The highest BCUT2D eigenvalue weighted by Crippen LogP contribution is 2.41. The molecule has 0 saturated heterocycles. The third-order valence-electron chi connectivity index (χ3n) is 3.26. The summed E-state index contributed by atoms with van der Waals surface area (Å²) >= 11 is 12.2. The van der Waals surface area contributed by atoms with Crippen LogP contribution in [0, 0.1) is 10.1 Å². The summed E-state index contributed by atoms with van der Waals surface area (Å²) in [6.45, 7) is 0. The number of hydrogen-bond acceptors (Lipinski definition) is 6. The summed E-state index contributed by atoms with van der Waals surface area (Å²) in [7, 11) is 2.83. The third-order valence-corrected chi connectivity index (χ3v) is 3.88. The van der Waals surface area contributed by atoms with Crippen molar-refractivity contribution in [3.63, 3.8) is 0 Å². The predicted octanol–water partition coefficient (Wildman–Crippen LogP) is 3.68. The topological polar surface area (TPSA) is 103 Å². The number of nitrogens with zero attached hydrogens (tertiary/aromatic N) is 2. The van der Waals surface area contributed by atoms with Crippen LogP contribution in [-0.2, 0) is 0 Å². The number of benzene rings is 2. The average Bonchev–Trinajstić information content (AvgIpc) is 2.62. The van der Waals surface area contributed by atoms with E-state index < -0.39 is 10.8 Å². The first-order valence-electron chi connectivity index (χ1n) is 7.06. The van der Waals surface area contributed by atoms with Crippen molar-refractivity contribution in [2.45, 2.75) is 0 Å². The lowest BCUT2D eigenvalue weighted by molar-refractivity contribution is -0.384. The SMILES string of the molecule is COc1c(Cl)cc(/C=N/NC(=O)c2cccc([N+](=O)[O-])c2)c(OC)c1Cl. The number of hydrazone groups is 1. The van der Waals surface area contributed by atoms with Crippen LogP contribution in [0.2, 0.25) is 10.0 Å². The van der Waals surface area contributed by atoms with E-state index in [1.54, 1.807) is 0 Å². The first-order chi connectivity index (χ1) is 12.4. The van der Waals surface area contributed by atoms with Crippen LogP contribution in [0.25, 0.3) is 0 Å². The average molecular weight is 398 g/mol. The van der Waals surface area contributed by atoms with E-state index in [9.17, 15) is 14.9 Å². The molecular weight excluding hydrogens is 385 g/mol. The van der Waals surface area contributed by atoms with E-state index in [0.29, 0.717) is 5.56 Å². The molecule has 10 heteroatoms. The maximum Gasteiger partial charge on any atom is 0.271 e. The number of amides is 1. The van der Waals surface area contributed by atoms with Crippen LogP contribution in [0.5, 0.6) is 11.5 Å². The van der Waals surface area contributed by atoms with E-state index in [1.807, 2.05) is 0 Å². The number of nitro benzene ring substituents is 1. The molecule has 0 fully saturated rings. The third kappa shape index (κ3) is 4.22. The predicted molar refractivity (Wildman–Crippen MR) is 97.7 cm³/mol. The quantitative estimate of drug-likeness (QED) is 0.454. The number of nitrogens with one attached hydrogen (secondary N) is 1. The maximum absolute atomic E-state index is 12.0. The Labute approximate surface area is 158 Å². The van der Waals surface area contributed by atoms with Crippen molar-refractivity contribution >= 4 is 41.0 Å². The lowest BCUT2D eigenvalue weighted by Crippen LogP contribution is -2.17. The summed E-state index contributed by atoms with van der Waals surface area (Å²) < 4.78 is 10.3. The highest BCUT2D eigenvalue weighted by Gasteiger charge is 2.17. The van der Waals surface area contributed by atoms with E-state index in [1.165, 1.54) is 44.7 Å². The van der Waals surface area contributed by atoms with Gasteiger partial charge in [-0.15, -0.1) is 0 Å². The number of rotatable bonds is 6. The molecule has 0 atom stereocenters. The fourth-order valence-electron chi connectivity index (χ4n) is 2.08. The van der Waals surface area contributed by atoms with Crippen molar-refractivity contribution in [2.24, 2.45) is 5.10 Å². The Hall–Kier alpha value is -2.84. The summed E-state index contributed by atoms with van der Waals surface area (Å²) in [6, 6.07) is 6.77. The number of nitro groups is 1. The van der Waals surface area contributed by atoms with Crippen LogP contribution in [-0.4, -0.2) is 31.3 Å². The Balaban J connectivity index is 2.22. The number of halogens is 2. The lowest BCUT2D eigenvalue weighted by Gasteiger charge is -2.12. The van der Waals surface area contributed by atoms with Gasteiger partial charge < -0.3 is 9.47 Å². The fraction of sp³-hybridized carbons (Fsp3) is 0.125.